The van der Waals surface area contributed by atoms with E-state index in [9.17, 15) is 9.18 Å². The summed E-state index contributed by atoms with van der Waals surface area (Å²) in [4.78, 5) is 11.9. The fraction of sp³-hybridized carbons (Fsp3) is 0.133. The number of Topliss-reactive ketones (excluding diaryl/α,β-unsaturated/α-hetero) is 1. The van der Waals surface area contributed by atoms with Gasteiger partial charge in [0.2, 0.25) is 0 Å². The summed E-state index contributed by atoms with van der Waals surface area (Å²) in [7, 11) is 0. The Morgan fingerprint density at radius 3 is 2.67 bits per heavy atom. The molecule has 90 valence electrons. The van der Waals surface area contributed by atoms with Crippen LogP contribution in [0.2, 0.25) is 5.02 Å². The Kier molecular flexibility index (Phi) is 2.67. The highest BCUT2D eigenvalue weighted by molar-refractivity contribution is 6.30. The second kappa shape index (κ2) is 4.21. The van der Waals surface area contributed by atoms with Crippen LogP contribution in [0.3, 0.4) is 0 Å². The fourth-order valence-corrected chi connectivity index (χ4v) is 2.70. The predicted molar refractivity (Wildman–Crippen MR) is 68.6 cm³/mol. The number of carbonyl (C=O) groups is 1. The average molecular weight is 261 g/mol. The molecule has 18 heavy (non-hydrogen) atoms. The van der Waals surface area contributed by atoms with Crippen LogP contribution in [0.5, 0.6) is 0 Å². The molecule has 0 amide bonds. The van der Waals surface area contributed by atoms with Crippen LogP contribution >= 0.6 is 11.6 Å². The van der Waals surface area contributed by atoms with Gasteiger partial charge in [-0.05, 0) is 35.4 Å². The molecule has 1 aliphatic carbocycles. The Hall–Kier alpha value is -1.67. The van der Waals surface area contributed by atoms with E-state index in [1.165, 1.54) is 6.07 Å². The number of carbonyl (C=O) groups excluding carboxylic acids is 1. The van der Waals surface area contributed by atoms with Gasteiger partial charge < -0.3 is 0 Å². The first-order chi connectivity index (χ1) is 8.66. The Morgan fingerprint density at radius 1 is 1.11 bits per heavy atom. The average Bonchev–Trinajstić information content (AvgIpc) is 2.67. The van der Waals surface area contributed by atoms with E-state index in [1.54, 1.807) is 36.4 Å². The molecular weight excluding hydrogens is 251 g/mol. The molecule has 0 bridgehead atoms. The Labute approximate surface area is 109 Å². The zero-order valence-corrected chi connectivity index (χ0v) is 10.2. The van der Waals surface area contributed by atoms with Crippen molar-refractivity contribution in [2.24, 2.45) is 0 Å². The highest BCUT2D eigenvalue weighted by Gasteiger charge is 2.31. The molecule has 0 spiro atoms. The van der Waals surface area contributed by atoms with Gasteiger partial charge in [-0.1, -0.05) is 29.8 Å². The lowest BCUT2D eigenvalue weighted by Crippen LogP contribution is -1.99. The molecule has 0 radical (unpaired) electrons. The van der Waals surface area contributed by atoms with Gasteiger partial charge in [-0.3, -0.25) is 4.79 Å². The lowest BCUT2D eigenvalue weighted by Gasteiger charge is -2.12. The monoisotopic (exact) mass is 260 g/mol. The van der Waals surface area contributed by atoms with Crippen molar-refractivity contribution in [1.82, 2.24) is 0 Å². The zero-order valence-electron chi connectivity index (χ0n) is 9.49. The van der Waals surface area contributed by atoms with Gasteiger partial charge in [-0.15, -0.1) is 0 Å². The molecule has 0 heterocycles. The first kappa shape index (κ1) is 11.4. The summed E-state index contributed by atoms with van der Waals surface area (Å²) in [5.41, 5.74) is 2.05. The first-order valence-electron chi connectivity index (χ1n) is 5.74. The third kappa shape index (κ3) is 1.73. The second-order valence-electron chi connectivity index (χ2n) is 4.43. The normalized spacial score (nSPS) is 17.9. The van der Waals surface area contributed by atoms with Crippen molar-refractivity contribution >= 4 is 17.4 Å². The van der Waals surface area contributed by atoms with Crippen molar-refractivity contribution in [3.05, 3.63) is 70.0 Å². The molecule has 0 saturated heterocycles. The summed E-state index contributed by atoms with van der Waals surface area (Å²) in [6, 6.07) is 11.8. The topological polar surface area (TPSA) is 17.1 Å². The molecule has 2 aromatic carbocycles. The van der Waals surface area contributed by atoms with Crippen molar-refractivity contribution in [3.8, 4) is 0 Å². The predicted octanol–water partition coefficient (Wildman–Crippen LogP) is 4.20. The van der Waals surface area contributed by atoms with Gasteiger partial charge >= 0.3 is 0 Å². The van der Waals surface area contributed by atoms with E-state index >= 15 is 0 Å². The molecule has 3 heteroatoms. The van der Waals surface area contributed by atoms with Gasteiger partial charge in [0.25, 0.3) is 0 Å². The largest absolute Gasteiger partial charge is 0.294 e. The minimum absolute atomic E-state index is 0.0509. The molecule has 1 atom stereocenters. The van der Waals surface area contributed by atoms with Crippen LogP contribution in [0.1, 0.15) is 33.8 Å². The van der Waals surface area contributed by atoms with Gasteiger partial charge in [-0.25, -0.2) is 4.39 Å². The first-order valence-corrected chi connectivity index (χ1v) is 6.11. The number of ketones is 1. The highest BCUT2D eigenvalue weighted by atomic mass is 35.5. The Balaban J connectivity index is 2.16. The van der Waals surface area contributed by atoms with Crippen molar-refractivity contribution in [2.45, 2.75) is 12.3 Å². The molecule has 1 nitrogen and oxygen atoms in total. The standard InChI is InChI=1S/C15H10ClFO/c16-9-5-6-11-12(7-9)13(8-15(11)18)10-3-1-2-4-14(10)17/h1-7,13H,8H2/t13-/m1/s1. The summed E-state index contributed by atoms with van der Waals surface area (Å²) in [6.07, 6.45) is 0.316. The number of benzene rings is 2. The van der Waals surface area contributed by atoms with Crippen LogP contribution in [0.4, 0.5) is 4.39 Å². The van der Waals surface area contributed by atoms with Gasteiger partial charge in [0, 0.05) is 22.9 Å². The summed E-state index contributed by atoms with van der Waals surface area (Å²) in [5.74, 6) is -0.439. The molecule has 0 saturated carbocycles. The maximum atomic E-state index is 13.8. The molecule has 1 aliphatic rings. The Bertz CT molecular complexity index is 636. The maximum Gasteiger partial charge on any atom is 0.164 e. The van der Waals surface area contributed by atoms with E-state index in [0.29, 0.717) is 22.6 Å². The molecule has 0 aliphatic heterocycles. The van der Waals surface area contributed by atoms with Crippen LogP contribution in [-0.2, 0) is 0 Å². The molecular formula is C15H10ClFO. The quantitative estimate of drug-likeness (QED) is 0.751. The fourth-order valence-electron chi connectivity index (χ4n) is 2.52. The summed E-state index contributed by atoms with van der Waals surface area (Å²) < 4.78 is 13.8. The minimum atomic E-state index is -0.275. The number of halogens is 2. The lowest BCUT2D eigenvalue weighted by atomic mass is 9.93. The van der Waals surface area contributed by atoms with E-state index < -0.39 is 0 Å². The Morgan fingerprint density at radius 2 is 1.89 bits per heavy atom. The van der Waals surface area contributed by atoms with Crippen LogP contribution in [0.15, 0.2) is 42.5 Å². The molecule has 3 rings (SSSR count). The molecule has 0 unspecified atom stereocenters. The third-order valence-corrected chi connectivity index (χ3v) is 3.59. The van der Waals surface area contributed by atoms with Gasteiger partial charge in [0.1, 0.15) is 5.82 Å². The summed E-state index contributed by atoms with van der Waals surface area (Å²) >= 11 is 5.96. The maximum absolute atomic E-state index is 13.8. The van der Waals surface area contributed by atoms with E-state index in [4.69, 9.17) is 11.6 Å². The van der Waals surface area contributed by atoms with Gasteiger partial charge in [0.15, 0.2) is 5.78 Å². The molecule has 2 aromatic rings. The second-order valence-corrected chi connectivity index (χ2v) is 4.87. The van der Waals surface area contributed by atoms with Crippen molar-refractivity contribution in [2.75, 3.05) is 0 Å². The summed E-state index contributed by atoms with van der Waals surface area (Å²) in [5, 5.41) is 0.574. The molecule has 0 fully saturated rings. The van der Waals surface area contributed by atoms with Gasteiger partial charge in [0.05, 0.1) is 0 Å². The van der Waals surface area contributed by atoms with Crippen LogP contribution < -0.4 is 0 Å². The smallest absolute Gasteiger partial charge is 0.164 e. The molecule has 0 N–H and O–H groups in total. The molecule has 0 aromatic heterocycles. The van der Waals surface area contributed by atoms with Gasteiger partial charge in [-0.2, -0.15) is 0 Å². The van der Waals surface area contributed by atoms with Crippen LogP contribution in [-0.4, -0.2) is 5.78 Å². The highest BCUT2D eigenvalue weighted by Crippen LogP contribution is 2.39. The number of fused-ring (bicyclic) bond motifs is 1. The van der Waals surface area contributed by atoms with E-state index in [1.807, 2.05) is 0 Å². The van der Waals surface area contributed by atoms with Crippen LogP contribution in [0.25, 0.3) is 0 Å². The van der Waals surface area contributed by atoms with Crippen LogP contribution in [0, 0.1) is 5.82 Å². The zero-order chi connectivity index (χ0) is 12.7. The summed E-state index contributed by atoms with van der Waals surface area (Å²) in [6.45, 7) is 0. The van der Waals surface area contributed by atoms with Crippen molar-refractivity contribution in [3.63, 3.8) is 0 Å². The number of hydrogen-bond donors (Lipinski definition) is 0. The number of rotatable bonds is 1. The van der Waals surface area contributed by atoms with E-state index in [-0.39, 0.29) is 17.5 Å². The van der Waals surface area contributed by atoms with Crippen molar-refractivity contribution < 1.29 is 9.18 Å². The van der Waals surface area contributed by atoms with E-state index in [2.05, 4.69) is 0 Å². The lowest BCUT2D eigenvalue weighted by molar-refractivity contribution is 0.0991. The SMILES string of the molecule is O=C1C[C@H](c2ccccc2F)c2cc(Cl)ccc21. The van der Waals surface area contributed by atoms with E-state index in [0.717, 1.165) is 5.56 Å². The minimum Gasteiger partial charge on any atom is -0.294 e. The third-order valence-electron chi connectivity index (χ3n) is 3.36. The van der Waals surface area contributed by atoms with Crippen molar-refractivity contribution in [1.29, 1.82) is 0 Å². The number of hydrogen-bond acceptors (Lipinski definition) is 1.